The van der Waals surface area contributed by atoms with Crippen LogP contribution in [-0.4, -0.2) is 47.5 Å². The van der Waals surface area contributed by atoms with Gasteiger partial charge in [0.2, 0.25) is 0 Å². The van der Waals surface area contributed by atoms with E-state index in [2.05, 4.69) is 34.8 Å². The normalized spacial score (nSPS) is 20.3. The third-order valence-corrected chi connectivity index (χ3v) is 4.05. The molecule has 1 aliphatic rings. The van der Waals surface area contributed by atoms with Gasteiger partial charge in [0.15, 0.2) is 0 Å². The second kappa shape index (κ2) is 6.98. The van der Waals surface area contributed by atoms with Gasteiger partial charge in [-0.2, -0.15) is 0 Å². The molecule has 0 aromatic carbocycles. The highest BCUT2D eigenvalue weighted by atomic mass is 15.2. The van der Waals surface area contributed by atoms with Crippen LogP contribution in [0.1, 0.15) is 31.0 Å². The van der Waals surface area contributed by atoms with E-state index >= 15 is 0 Å². The van der Waals surface area contributed by atoms with Crippen LogP contribution in [0.15, 0.2) is 18.3 Å². The van der Waals surface area contributed by atoms with E-state index in [0.29, 0.717) is 12.6 Å². The van der Waals surface area contributed by atoms with Crippen LogP contribution in [0, 0.1) is 0 Å². The van der Waals surface area contributed by atoms with Crippen molar-refractivity contribution in [3.63, 3.8) is 0 Å². The van der Waals surface area contributed by atoms with E-state index in [-0.39, 0.29) is 0 Å². The van der Waals surface area contributed by atoms with Crippen molar-refractivity contribution in [2.45, 2.75) is 38.9 Å². The monoisotopic (exact) mass is 262 g/mol. The van der Waals surface area contributed by atoms with E-state index in [4.69, 9.17) is 5.73 Å². The topological polar surface area (TPSA) is 45.4 Å². The molecule has 2 N–H and O–H groups in total. The zero-order valence-corrected chi connectivity index (χ0v) is 12.2. The van der Waals surface area contributed by atoms with Gasteiger partial charge >= 0.3 is 0 Å². The molecule has 0 spiro atoms. The number of nitrogens with zero attached hydrogens (tertiary/aromatic N) is 3. The van der Waals surface area contributed by atoms with Gasteiger partial charge in [0.05, 0.1) is 5.69 Å². The molecule has 19 heavy (non-hydrogen) atoms. The highest BCUT2D eigenvalue weighted by Crippen LogP contribution is 2.18. The van der Waals surface area contributed by atoms with Gasteiger partial charge in [0.25, 0.3) is 0 Å². The molecule has 0 amide bonds. The summed E-state index contributed by atoms with van der Waals surface area (Å²) in [6.07, 6.45) is 4.49. The maximum absolute atomic E-state index is 5.74. The Labute approximate surface area is 116 Å². The molecular formula is C15H26N4. The molecule has 1 aromatic heterocycles. The van der Waals surface area contributed by atoms with E-state index in [1.54, 1.807) is 0 Å². The molecule has 1 unspecified atom stereocenters. The van der Waals surface area contributed by atoms with E-state index < -0.39 is 0 Å². The second-order valence-electron chi connectivity index (χ2n) is 5.43. The minimum atomic E-state index is 0.522. The standard InChI is InChI=1S/C15H26N4/c1-3-19-9-5-7-14(19)12-18(2)11-13-6-4-8-17-15(13)10-16/h4,6,8,14H,3,5,7,9-12,16H2,1-2H3. The van der Waals surface area contributed by atoms with Crippen LogP contribution in [0.4, 0.5) is 0 Å². The zero-order valence-electron chi connectivity index (χ0n) is 12.2. The summed E-state index contributed by atoms with van der Waals surface area (Å²) in [7, 11) is 2.19. The Bertz CT molecular complexity index is 393. The predicted molar refractivity (Wildman–Crippen MR) is 78.7 cm³/mol. The maximum atomic E-state index is 5.74. The first-order chi connectivity index (χ1) is 9.24. The number of likely N-dealkylation sites (N-methyl/N-ethyl adjacent to an activating group) is 2. The SMILES string of the molecule is CCN1CCCC1CN(C)Cc1cccnc1CN. The number of pyridine rings is 1. The smallest absolute Gasteiger partial charge is 0.0584 e. The first-order valence-corrected chi connectivity index (χ1v) is 7.30. The summed E-state index contributed by atoms with van der Waals surface area (Å²) in [6.45, 7) is 7.27. The van der Waals surface area contributed by atoms with Crippen molar-refractivity contribution in [3.05, 3.63) is 29.6 Å². The largest absolute Gasteiger partial charge is 0.325 e. The lowest BCUT2D eigenvalue weighted by molar-refractivity contribution is 0.194. The molecule has 0 radical (unpaired) electrons. The minimum Gasteiger partial charge on any atom is -0.325 e. The lowest BCUT2D eigenvalue weighted by Gasteiger charge is -2.28. The lowest BCUT2D eigenvalue weighted by Crippen LogP contribution is -2.38. The Hall–Kier alpha value is -0.970. The van der Waals surface area contributed by atoms with Crippen molar-refractivity contribution in [2.24, 2.45) is 5.73 Å². The molecule has 2 heterocycles. The van der Waals surface area contributed by atoms with E-state index in [0.717, 1.165) is 18.8 Å². The van der Waals surface area contributed by atoms with Gasteiger partial charge in [0, 0.05) is 31.9 Å². The fourth-order valence-electron chi connectivity index (χ4n) is 3.03. The van der Waals surface area contributed by atoms with Crippen LogP contribution in [0.3, 0.4) is 0 Å². The van der Waals surface area contributed by atoms with Gasteiger partial charge in [-0.25, -0.2) is 0 Å². The summed E-state index contributed by atoms with van der Waals surface area (Å²) < 4.78 is 0. The Morgan fingerprint density at radius 1 is 1.53 bits per heavy atom. The molecule has 4 heteroatoms. The minimum absolute atomic E-state index is 0.522. The van der Waals surface area contributed by atoms with Crippen LogP contribution in [0.25, 0.3) is 0 Å². The van der Waals surface area contributed by atoms with E-state index in [1.165, 1.54) is 31.5 Å². The van der Waals surface area contributed by atoms with Gasteiger partial charge in [-0.3, -0.25) is 9.88 Å². The predicted octanol–water partition coefficient (Wildman–Crippen LogP) is 1.46. The zero-order chi connectivity index (χ0) is 13.7. The van der Waals surface area contributed by atoms with Gasteiger partial charge in [-0.15, -0.1) is 0 Å². The molecule has 4 nitrogen and oxygen atoms in total. The van der Waals surface area contributed by atoms with Crippen LogP contribution >= 0.6 is 0 Å². The Balaban J connectivity index is 1.92. The number of aromatic nitrogens is 1. The summed E-state index contributed by atoms with van der Waals surface area (Å²) in [5, 5.41) is 0. The van der Waals surface area contributed by atoms with Crippen molar-refractivity contribution in [1.29, 1.82) is 0 Å². The summed E-state index contributed by atoms with van der Waals surface area (Å²) in [6, 6.07) is 4.85. The molecule has 106 valence electrons. The number of hydrogen-bond donors (Lipinski definition) is 1. The van der Waals surface area contributed by atoms with Crippen LogP contribution in [0.5, 0.6) is 0 Å². The molecule has 1 saturated heterocycles. The number of hydrogen-bond acceptors (Lipinski definition) is 4. The van der Waals surface area contributed by atoms with Crippen molar-refractivity contribution < 1.29 is 0 Å². The van der Waals surface area contributed by atoms with Crippen LogP contribution in [-0.2, 0) is 13.1 Å². The molecule has 1 fully saturated rings. The average molecular weight is 262 g/mol. The Kier molecular flexibility index (Phi) is 5.31. The van der Waals surface area contributed by atoms with Crippen molar-refractivity contribution >= 4 is 0 Å². The molecule has 1 atom stereocenters. The number of likely N-dealkylation sites (tertiary alicyclic amines) is 1. The molecule has 2 rings (SSSR count). The van der Waals surface area contributed by atoms with Crippen LogP contribution in [0.2, 0.25) is 0 Å². The maximum Gasteiger partial charge on any atom is 0.0584 e. The third-order valence-electron chi connectivity index (χ3n) is 4.05. The van der Waals surface area contributed by atoms with E-state index in [1.807, 2.05) is 12.3 Å². The summed E-state index contributed by atoms with van der Waals surface area (Å²) in [5.74, 6) is 0. The summed E-state index contributed by atoms with van der Waals surface area (Å²) in [5.41, 5.74) is 8.02. The summed E-state index contributed by atoms with van der Waals surface area (Å²) in [4.78, 5) is 9.34. The molecule has 1 aromatic rings. The Morgan fingerprint density at radius 3 is 3.11 bits per heavy atom. The molecular weight excluding hydrogens is 236 g/mol. The average Bonchev–Trinajstić information content (AvgIpc) is 2.86. The molecule has 0 saturated carbocycles. The highest BCUT2D eigenvalue weighted by molar-refractivity contribution is 5.19. The molecule has 0 bridgehead atoms. The van der Waals surface area contributed by atoms with Crippen molar-refractivity contribution in [1.82, 2.24) is 14.8 Å². The molecule has 1 aliphatic heterocycles. The van der Waals surface area contributed by atoms with Gasteiger partial charge in [0.1, 0.15) is 0 Å². The van der Waals surface area contributed by atoms with Crippen molar-refractivity contribution in [3.8, 4) is 0 Å². The Morgan fingerprint density at radius 2 is 2.37 bits per heavy atom. The highest BCUT2D eigenvalue weighted by Gasteiger charge is 2.24. The van der Waals surface area contributed by atoms with Gasteiger partial charge in [-0.1, -0.05) is 13.0 Å². The summed E-state index contributed by atoms with van der Waals surface area (Å²) >= 11 is 0. The van der Waals surface area contributed by atoms with Crippen LogP contribution < -0.4 is 5.73 Å². The fraction of sp³-hybridized carbons (Fsp3) is 0.667. The fourth-order valence-corrected chi connectivity index (χ4v) is 3.03. The quantitative estimate of drug-likeness (QED) is 0.843. The first-order valence-electron chi connectivity index (χ1n) is 7.30. The lowest BCUT2D eigenvalue weighted by atomic mass is 10.1. The second-order valence-corrected chi connectivity index (χ2v) is 5.43. The third kappa shape index (κ3) is 3.75. The van der Waals surface area contributed by atoms with Gasteiger partial charge in [-0.05, 0) is 44.6 Å². The van der Waals surface area contributed by atoms with Crippen molar-refractivity contribution in [2.75, 3.05) is 26.7 Å². The molecule has 0 aliphatic carbocycles. The van der Waals surface area contributed by atoms with E-state index in [9.17, 15) is 0 Å². The number of nitrogens with two attached hydrogens (primary N) is 1. The first kappa shape index (κ1) is 14.4. The number of rotatable bonds is 6. The van der Waals surface area contributed by atoms with Gasteiger partial charge < -0.3 is 10.6 Å².